The molecule has 0 unspecified atom stereocenters. The van der Waals surface area contributed by atoms with Gasteiger partial charge in [-0.05, 0) is 25.7 Å². The molecule has 0 spiro atoms. The molecule has 0 N–H and O–H groups in total. The van der Waals surface area contributed by atoms with Gasteiger partial charge in [0.15, 0.2) is 0 Å². The first kappa shape index (κ1) is 11.6. The van der Waals surface area contributed by atoms with Gasteiger partial charge in [0, 0.05) is 24.7 Å². The van der Waals surface area contributed by atoms with Crippen molar-refractivity contribution >= 4 is 17.5 Å². The Morgan fingerprint density at radius 3 is 2.29 bits per heavy atom. The van der Waals surface area contributed by atoms with Gasteiger partial charge in [-0.2, -0.15) is 0 Å². The van der Waals surface area contributed by atoms with Crippen molar-refractivity contribution in [1.82, 2.24) is 4.90 Å². The zero-order valence-corrected chi connectivity index (χ0v) is 9.73. The molecule has 3 heteroatoms. The molecular formula is C11H18ClNO. The second-order valence-corrected chi connectivity index (χ2v) is 4.45. The maximum absolute atomic E-state index is 11.8. The molecule has 2 nitrogen and oxygen atoms in total. The number of likely N-dealkylation sites (N-methyl/N-ethyl adjacent to an activating group) is 1. The molecule has 0 aliphatic heterocycles. The highest BCUT2D eigenvalue weighted by molar-refractivity contribution is 6.31. The molecule has 1 amide bonds. The van der Waals surface area contributed by atoms with E-state index in [4.69, 9.17) is 11.6 Å². The zero-order valence-electron chi connectivity index (χ0n) is 8.98. The smallest absolute Gasteiger partial charge is 0.250 e. The third kappa shape index (κ3) is 3.02. The maximum atomic E-state index is 11.8. The Hall–Kier alpha value is -0.500. The molecule has 0 radical (unpaired) electrons. The first-order valence-electron chi connectivity index (χ1n) is 5.22. The summed E-state index contributed by atoms with van der Waals surface area (Å²) in [4.78, 5) is 13.4. The van der Waals surface area contributed by atoms with E-state index in [1.807, 2.05) is 0 Å². The highest BCUT2D eigenvalue weighted by Gasteiger charge is 2.17. The first-order valence-corrected chi connectivity index (χ1v) is 5.60. The lowest BCUT2D eigenvalue weighted by molar-refractivity contribution is -0.124. The Labute approximate surface area is 90.9 Å². The van der Waals surface area contributed by atoms with Gasteiger partial charge < -0.3 is 4.90 Å². The minimum atomic E-state index is 0.0805. The van der Waals surface area contributed by atoms with E-state index in [-0.39, 0.29) is 5.91 Å². The van der Waals surface area contributed by atoms with Crippen LogP contribution in [0.1, 0.15) is 38.5 Å². The number of rotatable bonds is 1. The van der Waals surface area contributed by atoms with Crippen LogP contribution < -0.4 is 0 Å². The standard InChI is InChI=1S/C11H18ClNO/c1-13(2)11(14)9-7-5-3-4-6-8-10(9)12/h3-8H2,1-2H3/b10-9-. The lowest BCUT2D eigenvalue weighted by atomic mass is 9.99. The molecule has 80 valence electrons. The number of carbonyl (C=O) groups excluding carboxylic acids is 1. The summed E-state index contributed by atoms with van der Waals surface area (Å²) in [5, 5.41) is 0.781. The molecule has 0 aromatic rings. The van der Waals surface area contributed by atoms with Crippen LogP contribution in [0.2, 0.25) is 0 Å². The normalized spacial score (nSPS) is 23.9. The Morgan fingerprint density at radius 2 is 1.71 bits per heavy atom. The van der Waals surface area contributed by atoms with Crippen molar-refractivity contribution < 1.29 is 4.79 Å². The van der Waals surface area contributed by atoms with Gasteiger partial charge in [-0.15, -0.1) is 0 Å². The Balaban J connectivity index is 2.78. The van der Waals surface area contributed by atoms with Gasteiger partial charge in [0.1, 0.15) is 0 Å². The van der Waals surface area contributed by atoms with Gasteiger partial charge >= 0.3 is 0 Å². The number of amides is 1. The zero-order chi connectivity index (χ0) is 10.6. The minimum Gasteiger partial charge on any atom is -0.345 e. The van der Waals surface area contributed by atoms with Crippen LogP contribution in [0.5, 0.6) is 0 Å². The predicted octanol–water partition coefficient (Wildman–Crippen LogP) is 2.92. The third-order valence-electron chi connectivity index (χ3n) is 2.56. The molecule has 0 saturated heterocycles. The van der Waals surface area contributed by atoms with Crippen molar-refractivity contribution in [3.05, 3.63) is 10.6 Å². The predicted molar refractivity (Wildman–Crippen MR) is 59.3 cm³/mol. The fourth-order valence-corrected chi connectivity index (χ4v) is 2.02. The van der Waals surface area contributed by atoms with Crippen molar-refractivity contribution in [1.29, 1.82) is 0 Å². The van der Waals surface area contributed by atoms with Crippen LogP contribution in [0.4, 0.5) is 0 Å². The van der Waals surface area contributed by atoms with E-state index in [0.717, 1.165) is 36.3 Å². The average molecular weight is 216 g/mol. The molecule has 0 saturated carbocycles. The van der Waals surface area contributed by atoms with Crippen molar-refractivity contribution in [2.75, 3.05) is 14.1 Å². The van der Waals surface area contributed by atoms with Gasteiger partial charge in [-0.1, -0.05) is 24.4 Å². The van der Waals surface area contributed by atoms with Crippen molar-refractivity contribution in [2.45, 2.75) is 38.5 Å². The van der Waals surface area contributed by atoms with E-state index in [9.17, 15) is 4.79 Å². The lowest BCUT2D eigenvalue weighted by Crippen LogP contribution is -2.24. The highest BCUT2D eigenvalue weighted by atomic mass is 35.5. The molecule has 0 aromatic heterocycles. The number of hydrogen-bond donors (Lipinski definition) is 0. The van der Waals surface area contributed by atoms with Crippen LogP contribution in [0.15, 0.2) is 10.6 Å². The number of carbonyl (C=O) groups is 1. The van der Waals surface area contributed by atoms with Crippen molar-refractivity contribution in [2.24, 2.45) is 0 Å². The van der Waals surface area contributed by atoms with Gasteiger partial charge in [0.25, 0.3) is 0 Å². The van der Waals surface area contributed by atoms with E-state index in [1.54, 1.807) is 19.0 Å². The van der Waals surface area contributed by atoms with Crippen LogP contribution in [0, 0.1) is 0 Å². The third-order valence-corrected chi connectivity index (χ3v) is 2.98. The van der Waals surface area contributed by atoms with Crippen LogP contribution in [0.3, 0.4) is 0 Å². The number of halogens is 1. The van der Waals surface area contributed by atoms with Crippen LogP contribution in [0.25, 0.3) is 0 Å². The molecule has 0 heterocycles. The average Bonchev–Trinajstić information content (AvgIpc) is 2.11. The van der Waals surface area contributed by atoms with E-state index < -0.39 is 0 Å². The van der Waals surface area contributed by atoms with Crippen molar-refractivity contribution in [3.8, 4) is 0 Å². The molecule has 14 heavy (non-hydrogen) atoms. The molecule has 1 rings (SSSR count). The summed E-state index contributed by atoms with van der Waals surface area (Å²) < 4.78 is 0. The minimum absolute atomic E-state index is 0.0805. The Morgan fingerprint density at radius 1 is 1.14 bits per heavy atom. The summed E-state index contributed by atoms with van der Waals surface area (Å²) in [6.45, 7) is 0. The van der Waals surface area contributed by atoms with Crippen LogP contribution in [-0.4, -0.2) is 24.9 Å². The molecular weight excluding hydrogens is 198 g/mol. The molecule has 0 atom stereocenters. The van der Waals surface area contributed by atoms with Gasteiger partial charge in [-0.25, -0.2) is 0 Å². The molecule has 1 aliphatic carbocycles. The van der Waals surface area contributed by atoms with E-state index in [1.165, 1.54) is 12.8 Å². The largest absolute Gasteiger partial charge is 0.345 e. The van der Waals surface area contributed by atoms with Gasteiger partial charge in [0.05, 0.1) is 0 Å². The quantitative estimate of drug-likeness (QED) is 0.659. The van der Waals surface area contributed by atoms with Crippen LogP contribution >= 0.6 is 11.6 Å². The van der Waals surface area contributed by atoms with Gasteiger partial charge in [0.2, 0.25) is 5.91 Å². The van der Waals surface area contributed by atoms with E-state index >= 15 is 0 Å². The fourth-order valence-electron chi connectivity index (χ4n) is 1.71. The second kappa shape index (κ2) is 5.40. The summed E-state index contributed by atoms with van der Waals surface area (Å²) in [5.41, 5.74) is 0.830. The second-order valence-electron chi connectivity index (χ2n) is 4.00. The summed E-state index contributed by atoms with van der Waals surface area (Å²) in [7, 11) is 3.55. The SMILES string of the molecule is CN(C)C(=O)/C1=C(\Cl)CCCCCC1. The summed E-state index contributed by atoms with van der Waals surface area (Å²) in [5.74, 6) is 0.0805. The van der Waals surface area contributed by atoms with Gasteiger partial charge in [-0.3, -0.25) is 4.79 Å². The van der Waals surface area contributed by atoms with Crippen LogP contribution in [-0.2, 0) is 4.79 Å². The summed E-state index contributed by atoms with van der Waals surface area (Å²) in [6, 6.07) is 0. The summed E-state index contributed by atoms with van der Waals surface area (Å²) in [6.07, 6.45) is 6.37. The fraction of sp³-hybridized carbons (Fsp3) is 0.727. The first-order chi connectivity index (χ1) is 6.63. The molecule has 0 bridgehead atoms. The van der Waals surface area contributed by atoms with E-state index in [2.05, 4.69) is 0 Å². The summed E-state index contributed by atoms with van der Waals surface area (Å²) >= 11 is 6.13. The van der Waals surface area contributed by atoms with Crippen molar-refractivity contribution in [3.63, 3.8) is 0 Å². The number of nitrogens with zero attached hydrogens (tertiary/aromatic N) is 1. The van der Waals surface area contributed by atoms with E-state index in [0.29, 0.717) is 0 Å². The molecule has 1 aliphatic rings. The molecule has 0 aromatic carbocycles. The molecule has 0 fully saturated rings. The Bertz CT molecular complexity index is 246. The highest BCUT2D eigenvalue weighted by Crippen LogP contribution is 2.26. The lowest BCUT2D eigenvalue weighted by Gasteiger charge is -2.17. The topological polar surface area (TPSA) is 20.3 Å². The number of allylic oxidation sites excluding steroid dienone is 1. The maximum Gasteiger partial charge on any atom is 0.250 e. The Kier molecular flexibility index (Phi) is 4.46. The number of hydrogen-bond acceptors (Lipinski definition) is 1. The monoisotopic (exact) mass is 215 g/mol.